The van der Waals surface area contributed by atoms with E-state index in [1.54, 1.807) is 0 Å². The van der Waals surface area contributed by atoms with Crippen LogP contribution in [0.25, 0.3) is 0 Å². The number of aryl methyl sites for hydroxylation is 1. The average molecular weight is 348 g/mol. The molecule has 0 saturated carbocycles. The highest BCUT2D eigenvalue weighted by Gasteiger charge is 2.28. The highest BCUT2D eigenvalue weighted by molar-refractivity contribution is 5.28. The Balaban J connectivity index is 1.36. The average Bonchev–Trinajstić information content (AvgIpc) is 3.31. The maximum absolute atomic E-state index is 5.87. The normalized spacial score (nSPS) is 17.5. The standard InChI is InChI=1S/C22H24N2O2/c1-17-14-22(26-23-17)21-8-5-13-24(21)15-18-9-11-20(12-10-18)25-16-19-6-3-2-4-7-19/h2-4,6-7,9-12,14,21H,5,8,13,15-16H2,1H3/t21-/m1/s1. The van der Waals surface area contributed by atoms with Crippen LogP contribution >= 0.6 is 0 Å². The predicted octanol–water partition coefficient (Wildman–Crippen LogP) is 4.90. The summed E-state index contributed by atoms with van der Waals surface area (Å²) in [6, 6.07) is 21.1. The van der Waals surface area contributed by atoms with Crippen LogP contribution in [-0.2, 0) is 13.2 Å². The van der Waals surface area contributed by atoms with Crippen molar-refractivity contribution < 1.29 is 9.26 Å². The quantitative estimate of drug-likeness (QED) is 0.635. The van der Waals surface area contributed by atoms with Gasteiger partial charge in [-0.2, -0.15) is 0 Å². The van der Waals surface area contributed by atoms with E-state index in [-0.39, 0.29) is 0 Å². The van der Waals surface area contributed by atoms with Crippen LogP contribution in [0.2, 0.25) is 0 Å². The van der Waals surface area contributed by atoms with Gasteiger partial charge in [0.2, 0.25) is 0 Å². The summed E-state index contributed by atoms with van der Waals surface area (Å²) >= 11 is 0. The van der Waals surface area contributed by atoms with Gasteiger partial charge in [-0.25, -0.2) is 0 Å². The van der Waals surface area contributed by atoms with Gasteiger partial charge in [0.05, 0.1) is 11.7 Å². The lowest BCUT2D eigenvalue weighted by molar-refractivity contribution is 0.206. The molecule has 2 aromatic carbocycles. The smallest absolute Gasteiger partial charge is 0.154 e. The molecule has 1 aromatic heterocycles. The molecular formula is C22H24N2O2. The Morgan fingerprint density at radius 1 is 1.08 bits per heavy atom. The van der Waals surface area contributed by atoms with Crippen LogP contribution in [0.1, 0.15) is 41.5 Å². The molecule has 1 fully saturated rings. The van der Waals surface area contributed by atoms with Crippen molar-refractivity contribution in [3.63, 3.8) is 0 Å². The summed E-state index contributed by atoms with van der Waals surface area (Å²) in [5.74, 6) is 1.89. The molecule has 134 valence electrons. The minimum absolute atomic E-state index is 0.338. The molecular weight excluding hydrogens is 324 g/mol. The van der Waals surface area contributed by atoms with E-state index in [1.807, 2.05) is 25.1 Å². The largest absolute Gasteiger partial charge is 0.489 e. The van der Waals surface area contributed by atoms with Gasteiger partial charge in [-0.1, -0.05) is 47.6 Å². The molecule has 0 unspecified atom stereocenters. The van der Waals surface area contributed by atoms with E-state index in [0.717, 1.165) is 36.7 Å². The molecule has 0 radical (unpaired) electrons. The fraction of sp³-hybridized carbons (Fsp3) is 0.318. The zero-order chi connectivity index (χ0) is 17.8. The maximum Gasteiger partial charge on any atom is 0.154 e. The SMILES string of the molecule is Cc1cc([C@H]2CCCN2Cc2ccc(OCc3ccccc3)cc2)on1. The van der Waals surface area contributed by atoms with Crippen LogP contribution < -0.4 is 4.74 Å². The molecule has 0 bridgehead atoms. The fourth-order valence-electron chi connectivity index (χ4n) is 3.54. The molecule has 0 N–H and O–H groups in total. The van der Waals surface area contributed by atoms with E-state index in [2.05, 4.69) is 52.5 Å². The van der Waals surface area contributed by atoms with E-state index in [0.29, 0.717) is 12.6 Å². The van der Waals surface area contributed by atoms with Crippen LogP contribution in [0.5, 0.6) is 5.75 Å². The van der Waals surface area contributed by atoms with Crippen LogP contribution in [0.3, 0.4) is 0 Å². The van der Waals surface area contributed by atoms with Crippen molar-refractivity contribution in [3.05, 3.63) is 83.2 Å². The van der Waals surface area contributed by atoms with Gasteiger partial charge >= 0.3 is 0 Å². The highest BCUT2D eigenvalue weighted by atomic mass is 16.5. The second-order valence-corrected chi connectivity index (χ2v) is 6.92. The summed E-state index contributed by atoms with van der Waals surface area (Å²) in [6.45, 7) is 4.58. The first-order valence-corrected chi connectivity index (χ1v) is 9.21. The van der Waals surface area contributed by atoms with E-state index in [4.69, 9.17) is 9.26 Å². The van der Waals surface area contributed by atoms with Gasteiger partial charge in [-0.3, -0.25) is 4.90 Å². The van der Waals surface area contributed by atoms with Crippen LogP contribution in [0.4, 0.5) is 0 Å². The first kappa shape index (κ1) is 16.9. The number of benzene rings is 2. The predicted molar refractivity (Wildman–Crippen MR) is 101 cm³/mol. The maximum atomic E-state index is 5.87. The van der Waals surface area contributed by atoms with Gasteiger partial charge in [-0.05, 0) is 49.6 Å². The third-order valence-corrected chi connectivity index (χ3v) is 4.90. The Morgan fingerprint density at radius 2 is 1.88 bits per heavy atom. The second kappa shape index (κ2) is 7.75. The van der Waals surface area contributed by atoms with E-state index < -0.39 is 0 Å². The molecule has 0 aliphatic carbocycles. The van der Waals surface area contributed by atoms with Gasteiger partial charge in [0.25, 0.3) is 0 Å². The number of aromatic nitrogens is 1. The summed E-state index contributed by atoms with van der Waals surface area (Å²) in [7, 11) is 0. The lowest BCUT2D eigenvalue weighted by atomic mass is 10.1. The summed E-state index contributed by atoms with van der Waals surface area (Å²) in [5, 5.41) is 4.04. The van der Waals surface area contributed by atoms with E-state index in [1.165, 1.54) is 17.5 Å². The molecule has 2 heterocycles. The van der Waals surface area contributed by atoms with Crippen molar-refractivity contribution in [3.8, 4) is 5.75 Å². The molecule has 1 atom stereocenters. The summed E-state index contributed by atoms with van der Waals surface area (Å²) in [4.78, 5) is 2.47. The first-order valence-electron chi connectivity index (χ1n) is 9.21. The number of hydrogen-bond donors (Lipinski definition) is 0. The Hall–Kier alpha value is -2.59. The minimum atomic E-state index is 0.338. The third kappa shape index (κ3) is 3.97. The summed E-state index contributed by atoms with van der Waals surface area (Å²) < 4.78 is 11.4. The van der Waals surface area contributed by atoms with Crippen LogP contribution in [0.15, 0.2) is 65.2 Å². The number of hydrogen-bond acceptors (Lipinski definition) is 4. The van der Waals surface area contributed by atoms with Crippen LogP contribution in [-0.4, -0.2) is 16.6 Å². The molecule has 0 amide bonds. The Morgan fingerprint density at radius 3 is 2.62 bits per heavy atom. The number of rotatable bonds is 6. The van der Waals surface area contributed by atoms with Gasteiger partial charge in [0.1, 0.15) is 12.4 Å². The number of nitrogens with zero attached hydrogens (tertiary/aromatic N) is 2. The Bertz CT molecular complexity index is 827. The Kier molecular flexibility index (Phi) is 5.02. The molecule has 4 rings (SSSR count). The molecule has 26 heavy (non-hydrogen) atoms. The fourth-order valence-corrected chi connectivity index (χ4v) is 3.54. The lowest BCUT2D eigenvalue weighted by Crippen LogP contribution is -2.22. The zero-order valence-electron chi connectivity index (χ0n) is 15.1. The van der Waals surface area contributed by atoms with Crippen molar-refractivity contribution in [2.24, 2.45) is 0 Å². The lowest BCUT2D eigenvalue weighted by Gasteiger charge is -2.22. The zero-order valence-corrected chi connectivity index (χ0v) is 15.1. The highest BCUT2D eigenvalue weighted by Crippen LogP contribution is 2.33. The van der Waals surface area contributed by atoms with Gasteiger partial charge in [0.15, 0.2) is 5.76 Å². The van der Waals surface area contributed by atoms with Crippen molar-refractivity contribution >= 4 is 0 Å². The van der Waals surface area contributed by atoms with Gasteiger partial charge in [-0.15, -0.1) is 0 Å². The molecule has 1 aliphatic rings. The third-order valence-electron chi connectivity index (χ3n) is 4.90. The first-order chi connectivity index (χ1) is 12.8. The molecule has 4 heteroatoms. The topological polar surface area (TPSA) is 38.5 Å². The molecule has 3 aromatic rings. The molecule has 0 spiro atoms. The summed E-state index contributed by atoms with van der Waals surface area (Å²) in [6.07, 6.45) is 2.33. The van der Waals surface area contributed by atoms with Crippen molar-refractivity contribution in [1.29, 1.82) is 0 Å². The molecule has 4 nitrogen and oxygen atoms in total. The number of ether oxygens (including phenoxy) is 1. The summed E-state index contributed by atoms with van der Waals surface area (Å²) in [5.41, 5.74) is 3.42. The Labute approximate surface area is 154 Å². The van der Waals surface area contributed by atoms with E-state index >= 15 is 0 Å². The van der Waals surface area contributed by atoms with Crippen molar-refractivity contribution in [1.82, 2.24) is 10.1 Å². The van der Waals surface area contributed by atoms with Crippen molar-refractivity contribution in [2.75, 3.05) is 6.54 Å². The van der Waals surface area contributed by atoms with Gasteiger partial charge in [0, 0.05) is 12.6 Å². The van der Waals surface area contributed by atoms with Crippen LogP contribution in [0, 0.1) is 6.92 Å². The van der Waals surface area contributed by atoms with Gasteiger partial charge < -0.3 is 9.26 Å². The van der Waals surface area contributed by atoms with Crippen molar-refractivity contribution in [2.45, 2.75) is 39.0 Å². The monoisotopic (exact) mass is 348 g/mol. The second-order valence-electron chi connectivity index (χ2n) is 6.92. The van der Waals surface area contributed by atoms with E-state index in [9.17, 15) is 0 Å². The molecule has 1 aliphatic heterocycles. The number of likely N-dealkylation sites (tertiary alicyclic amines) is 1. The minimum Gasteiger partial charge on any atom is -0.489 e. The molecule has 1 saturated heterocycles.